The van der Waals surface area contributed by atoms with Crippen LogP contribution in [-0.2, 0) is 4.74 Å². The number of ether oxygens (including phenoxy) is 1. The lowest BCUT2D eigenvalue weighted by Gasteiger charge is -2.21. The number of hydrogen-bond donors (Lipinski definition) is 0. The Bertz CT molecular complexity index is 267. The van der Waals surface area contributed by atoms with Crippen molar-refractivity contribution in [2.45, 2.75) is 43.1 Å². The summed E-state index contributed by atoms with van der Waals surface area (Å²) < 4.78 is 5.85. The Morgan fingerprint density at radius 1 is 1.07 bits per heavy atom. The standard InChI is InChI=1S/C13H18OS/c1-3-7-12(8-4-1)14-11-15-13-9-5-2-6-10-13/h2,5-6,9-10,12H,1,3-4,7-8,11H2. The van der Waals surface area contributed by atoms with Gasteiger partial charge in [0.05, 0.1) is 12.0 Å². The Kier molecular flexibility index (Phi) is 4.55. The van der Waals surface area contributed by atoms with E-state index in [2.05, 4.69) is 24.3 Å². The van der Waals surface area contributed by atoms with Gasteiger partial charge in [0.25, 0.3) is 0 Å². The first kappa shape index (κ1) is 11.0. The van der Waals surface area contributed by atoms with Gasteiger partial charge in [0, 0.05) is 4.90 Å². The molecule has 0 amide bonds. The highest BCUT2D eigenvalue weighted by Gasteiger charge is 2.13. The molecule has 1 aliphatic carbocycles. The van der Waals surface area contributed by atoms with Crippen LogP contribution >= 0.6 is 11.8 Å². The van der Waals surface area contributed by atoms with E-state index in [0.717, 1.165) is 5.94 Å². The van der Waals surface area contributed by atoms with E-state index in [0.29, 0.717) is 6.10 Å². The highest BCUT2D eigenvalue weighted by molar-refractivity contribution is 7.99. The van der Waals surface area contributed by atoms with Crippen molar-refractivity contribution in [3.8, 4) is 0 Å². The van der Waals surface area contributed by atoms with E-state index in [4.69, 9.17) is 4.74 Å². The van der Waals surface area contributed by atoms with Crippen LogP contribution in [0.2, 0.25) is 0 Å². The molecule has 2 rings (SSSR count). The molecule has 0 N–H and O–H groups in total. The monoisotopic (exact) mass is 222 g/mol. The molecule has 15 heavy (non-hydrogen) atoms. The minimum atomic E-state index is 0.523. The number of rotatable bonds is 4. The van der Waals surface area contributed by atoms with Crippen molar-refractivity contribution in [3.63, 3.8) is 0 Å². The molecule has 0 radical (unpaired) electrons. The van der Waals surface area contributed by atoms with Gasteiger partial charge < -0.3 is 4.74 Å². The van der Waals surface area contributed by atoms with Crippen molar-refractivity contribution in [1.82, 2.24) is 0 Å². The summed E-state index contributed by atoms with van der Waals surface area (Å²) >= 11 is 1.79. The van der Waals surface area contributed by atoms with Crippen LogP contribution in [0.4, 0.5) is 0 Å². The smallest absolute Gasteiger partial charge is 0.0970 e. The quantitative estimate of drug-likeness (QED) is 0.560. The average molecular weight is 222 g/mol. The first-order chi connectivity index (χ1) is 7.45. The zero-order valence-electron chi connectivity index (χ0n) is 9.02. The van der Waals surface area contributed by atoms with Crippen LogP contribution in [0.15, 0.2) is 35.2 Å². The van der Waals surface area contributed by atoms with Gasteiger partial charge in [-0.05, 0) is 25.0 Å². The van der Waals surface area contributed by atoms with Crippen LogP contribution in [0.5, 0.6) is 0 Å². The fourth-order valence-corrected chi connectivity index (χ4v) is 2.69. The predicted octanol–water partition coefficient (Wildman–Crippen LogP) is 4.09. The summed E-state index contributed by atoms with van der Waals surface area (Å²) in [6.45, 7) is 0. The van der Waals surface area contributed by atoms with Crippen molar-refractivity contribution in [1.29, 1.82) is 0 Å². The summed E-state index contributed by atoms with van der Waals surface area (Å²) in [6.07, 6.45) is 7.13. The maximum absolute atomic E-state index is 5.85. The lowest BCUT2D eigenvalue weighted by molar-refractivity contribution is 0.0603. The SMILES string of the molecule is c1ccc(SCOC2CCCCC2)cc1. The van der Waals surface area contributed by atoms with E-state index in [9.17, 15) is 0 Å². The van der Waals surface area contributed by atoms with Crippen LogP contribution in [-0.4, -0.2) is 12.0 Å². The Morgan fingerprint density at radius 3 is 2.53 bits per heavy atom. The van der Waals surface area contributed by atoms with Gasteiger partial charge >= 0.3 is 0 Å². The molecule has 0 bridgehead atoms. The third kappa shape index (κ3) is 3.88. The van der Waals surface area contributed by atoms with E-state index in [-0.39, 0.29) is 0 Å². The van der Waals surface area contributed by atoms with Gasteiger partial charge in [-0.15, -0.1) is 0 Å². The number of thioether (sulfide) groups is 1. The maximum atomic E-state index is 5.85. The second kappa shape index (κ2) is 6.19. The van der Waals surface area contributed by atoms with Gasteiger partial charge in [-0.3, -0.25) is 0 Å². The van der Waals surface area contributed by atoms with E-state index in [1.54, 1.807) is 11.8 Å². The van der Waals surface area contributed by atoms with Crippen molar-refractivity contribution in [2.24, 2.45) is 0 Å². The molecule has 1 nitrogen and oxygen atoms in total. The van der Waals surface area contributed by atoms with Gasteiger partial charge in [-0.25, -0.2) is 0 Å². The normalized spacial score (nSPS) is 17.9. The second-order valence-electron chi connectivity index (χ2n) is 4.00. The third-order valence-corrected chi connectivity index (χ3v) is 3.68. The molecule has 1 saturated carbocycles. The molecule has 1 aliphatic rings. The molecule has 2 heteroatoms. The van der Waals surface area contributed by atoms with E-state index in [1.165, 1.54) is 37.0 Å². The van der Waals surface area contributed by atoms with E-state index >= 15 is 0 Å². The van der Waals surface area contributed by atoms with Crippen molar-refractivity contribution < 1.29 is 4.74 Å². The molecule has 0 unspecified atom stereocenters. The van der Waals surface area contributed by atoms with Crippen LogP contribution < -0.4 is 0 Å². The predicted molar refractivity (Wildman–Crippen MR) is 65.1 cm³/mol. The summed E-state index contributed by atoms with van der Waals surface area (Å²) in [6, 6.07) is 10.5. The summed E-state index contributed by atoms with van der Waals surface area (Å²) in [5.41, 5.74) is 0. The summed E-state index contributed by atoms with van der Waals surface area (Å²) in [4.78, 5) is 1.30. The highest BCUT2D eigenvalue weighted by Crippen LogP contribution is 2.23. The van der Waals surface area contributed by atoms with Crippen molar-refractivity contribution in [3.05, 3.63) is 30.3 Å². The number of benzene rings is 1. The lowest BCUT2D eigenvalue weighted by atomic mass is 9.98. The molecule has 0 saturated heterocycles. The summed E-state index contributed by atoms with van der Waals surface area (Å²) in [5.74, 6) is 0.800. The van der Waals surface area contributed by atoms with E-state index < -0.39 is 0 Å². The zero-order chi connectivity index (χ0) is 10.3. The van der Waals surface area contributed by atoms with Gasteiger partial charge in [0.15, 0.2) is 0 Å². The van der Waals surface area contributed by atoms with E-state index in [1.807, 2.05) is 6.07 Å². The molecule has 0 atom stereocenters. The largest absolute Gasteiger partial charge is 0.367 e. The Labute approximate surface area is 96.2 Å². The van der Waals surface area contributed by atoms with Gasteiger partial charge in [-0.2, -0.15) is 0 Å². The maximum Gasteiger partial charge on any atom is 0.0970 e. The molecule has 1 aromatic carbocycles. The van der Waals surface area contributed by atoms with Crippen LogP contribution in [0.25, 0.3) is 0 Å². The first-order valence-electron chi connectivity index (χ1n) is 5.74. The molecule has 0 aliphatic heterocycles. The highest BCUT2D eigenvalue weighted by atomic mass is 32.2. The third-order valence-electron chi connectivity index (χ3n) is 2.82. The van der Waals surface area contributed by atoms with Gasteiger partial charge in [0.2, 0.25) is 0 Å². The van der Waals surface area contributed by atoms with Crippen LogP contribution in [0.1, 0.15) is 32.1 Å². The fraction of sp³-hybridized carbons (Fsp3) is 0.538. The molecule has 82 valence electrons. The molecule has 0 spiro atoms. The zero-order valence-corrected chi connectivity index (χ0v) is 9.84. The Hall–Kier alpha value is -0.470. The minimum absolute atomic E-state index is 0.523. The molecule has 0 heterocycles. The topological polar surface area (TPSA) is 9.23 Å². The first-order valence-corrected chi connectivity index (χ1v) is 6.73. The lowest BCUT2D eigenvalue weighted by Crippen LogP contribution is -2.16. The van der Waals surface area contributed by atoms with Crippen LogP contribution in [0, 0.1) is 0 Å². The molecule has 0 aromatic heterocycles. The van der Waals surface area contributed by atoms with Crippen molar-refractivity contribution in [2.75, 3.05) is 5.94 Å². The molecular weight excluding hydrogens is 204 g/mol. The summed E-state index contributed by atoms with van der Waals surface area (Å²) in [5, 5.41) is 0. The fourth-order valence-electron chi connectivity index (χ4n) is 1.95. The second-order valence-corrected chi connectivity index (χ2v) is 5.00. The van der Waals surface area contributed by atoms with Crippen molar-refractivity contribution >= 4 is 11.8 Å². The Balaban J connectivity index is 1.66. The average Bonchev–Trinajstić information content (AvgIpc) is 2.32. The minimum Gasteiger partial charge on any atom is -0.367 e. The number of hydrogen-bond acceptors (Lipinski definition) is 2. The van der Waals surface area contributed by atoms with Gasteiger partial charge in [-0.1, -0.05) is 49.2 Å². The molecule has 1 aromatic rings. The summed E-state index contributed by atoms with van der Waals surface area (Å²) in [7, 11) is 0. The Morgan fingerprint density at radius 2 is 1.80 bits per heavy atom. The molecular formula is C13H18OS. The van der Waals surface area contributed by atoms with Crippen LogP contribution in [0.3, 0.4) is 0 Å². The molecule has 1 fully saturated rings. The van der Waals surface area contributed by atoms with Gasteiger partial charge in [0.1, 0.15) is 0 Å².